The van der Waals surface area contributed by atoms with Gasteiger partial charge < -0.3 is 5.32 Å². The van der Waals surface area contributed by atoms with Crippen LogP contribution in [0.15, 0.2) is 42.5 Å². The number of hydrogen-bond donors (Lipinski definition) is 2. The summed E-state index contributed by atoms with van der Waals surface area (Å²) in [6.45, 7) is 3.94. The Hall–Kier alpha value is -2.62. The van der Waals surface area contributed by atoms with Crippen LogP contribution in [0.5, 0.6) is 0 Å². The minimum atomic E-state index is -4.99. The topological polar surface area (TPSA) is 41.1 Å². The van der Waals surface area contributed by atoms with Crippen molar-refractivity contribution in [3.63, 3.8) is 0 Å². The Bertz CT molecular complexity index is 872. The van der Waals surface area contributed by atoms with Crippen molar-refractivity contribution in [1.82, 2.24) is 5.32 Å². The summed E-state index contributed by atoms with van der Waals surface area (Å²) in [7, 11) is 0. The molecule has 29 heavy (non-hydrogen) atoms. The lowest BCUT2D eigenvalue weighted by Crippen LogP contribution is -2.34. The van der Waals surface area contributed by atoms with Gasteiger partial charge in [0.1, 0.15) is 0 Å². The lowest BCUT2D eigenvalue weighted by Gasteiger charge is -2.16. The second-order valence-corrected chi connectivity index (χ2v) is 6.89. The number of nitrogens with one attached hydrogen (secondary N) is 2. The second kappa shape index (κ2) is 8.40. The molecule has 0 aromatic heterocycles. The highest BCUT2D eigenvalue weighted by molar-refractivity contribution is 7.80. The average molecular weight is 434 g/mol. The fraction of sp³-hybridized carbons (Fsp3) is 0.263. The van der Waals surface area contributed by atoms with Crippen molar-refractivity contribution in [3.05, 3.63) is 64.7 Å². The fourth-order valence-electron chi connectivity index (χ4n) is 2.38. The minimum Gasteiger partial charge on any atom is -0.332 e. The van der Waals surface area contributed by atoms with Crippen molar-refractivity contribution in [2.24, 2.45) is 0 Å². The molecule has 2 N–H and O–H groups in total. The standard InChI is InChI=1S/C19H16F6N2OS/c1-10(2)11-3-5-12(6-4-11)16(28)27-17(29)26-15-8-13(18(20,21)22)7-14(9-15)19(23,24)25/h3-10H,1-2H3,(H2,26,27,28,29). The number of amides is 1. The number of carbonyl (C=O) groups excluding carboxylic acids is 1. The van der Waals surface area contributed by atoms with E-state index in [1.807, 2.05) is 13.8 Å². The van der Waals surface area contributed by atoms with E-state index in [2.05, 4.69) is 10.6 Å². The maximum atomic E-state index is 12.9. The average Bonchev–Trinajstić information content (AvgIpc) is 2.59. The van der Waals surface area contributed by atoms with Crippen molar-refractivity contribution in [2.45, 2.75) is 32.1 Å². The molecule has 0 aliphatic heterocycles. The van der Waals surface area contributed by atoms with Crippen LogP contribution in [-0.2, 0) is 12.4 Å². The summed E-state index contributed by atoms with van der Waals surface area (Å²) in [5.41, 5.74) is -2.31. The maximum absolute atomic E-state index is 12.9. The molecule has 2 aromatic carbocycles. The van der Waals surface area contributed by atoms with Gasteiger partial charge in [-0.25, -0.2) is 0 Å². The Labute approximate surface area is 168 Å². The Balaban J connectivity index is 2.18. The molecule has 0 aliphatic carbocycles. The minimum absolute atomic E-state index is 0.00306. The molecule has 0 spiro atoms. The van der Waals surface area contributed by atoms with Gasteiger partial charge in [0.15, 0.2) is 5.11 Å². The third kappa shape index (κ3) is 6.18. The molecule has 2 rings (SSSR count). The number of carbonyl (C=O) groups is 1. The summed E-state index contributed by atoms with van der Waals surface area (Å²) >= 11 is 4.85. The molecule has 0 radical (unpaired) electrons. The molecule has 10 heteroatoms. The highest BCUT2D eigenvalue weighted by atomic mass is 32.1. The Morgan fingerprint density at radius 3 is 1.79 bits per heavy atom. The van der Waals surface area contributed by atoms with Crippen LogP contribution in [0.1, 0.15) is 46.8 Å². The molecule has 0 saturated heterocycles. The number of alkyl halides is 6. The molecule has 0 bridgehead atoms. The van der Waals surface area contributed by atoms with Crippen LogP contribution >= 0.6 is 12.2 Å². The first-order valence-electron chi connectivity index (χ1n) is 8.29. The predicted octanol–water partition coefficient (Wildman–Crippen LogP) is 5.97. The van der Waals surface area contributed by atoms with E-state index in [1.165, 1.54) is 0 Å². The highest BCUT2D eigenvalue weighted by Crippen LogP contribution is 2.37. The number of thiocarbonyl (C=S) groups is 1. The lowest BCUT2D eigenvalue weighted by atomic mass is 10.0. The molecule has 1 amide bonds. The number of halogens is 6. The Kier molecular flexibility index (Phi) is 6.56. The van der Waals surface area contributed by atoms with E-state index in [4.69, 9.17) is 12.2 Å². The molecule has 0 fully saturated rings. The quantitative estimate of drug-likeness (QED) is 0.462. The molecule has 0 unspecified atom stereocenters. The van der Waals surface area contributed by atoms with Crippen molar-refractivity contribution < 1.29 is 31.1 Å². The van der Waals surface area contributed by atoms with Gasteiger partial charge in [-0.05, 0) is 54.0 Å². The van der Waals surface area contributed by atoms with Gasteiger partial charge >= 0.3 is 12.4 Å². The zero-order valence-corrected chi connectivity index (χ0v) is 16.0. The van der Waals surface area contributed by atoms with Crippen LogP contribution in [0, 0.1) is 0 Å². The molecule has 0 saturated carbocycles. The summed E-state index contributed by atoms with van der Waals surface area (Å²) in [5.74, 6) is -0.403. The summed E-state index contributed by atoms with van der Waals surface area (Å²) < 4.78 is 77.4. The van der Waals surface area contributed by atoms with E-state index >= 15 is 0 Å². The van der Waals surface area contributed by atoms with Crippen molar-refractivity contribution in [3.8, 4) is 0 Å². The van der Waals surface area contributed by atoms with E-state index < -0.39 is 40.2 Å². The first kappa shape index (κ1) is 22.7. The second-order valence-electron chi connectivity index (χ2n) is 6.48. The van der Waals surface area contributed by atoms with E-state index in [0.717, 1.165) is 5.56 Å². The van der Waals surface area contributed by atoms with E-state index in [1.54, 1.807) is 24.3 Å². The van der Waals surface area contributed by atoms with Crippen molar-refractivity contribution in [1.29, 1.82) is 0 Å². The molecule has 2 aromatic rings. The van der Waals surface area contributed by atoms with Crippen LogP contribution in [0.3, 0.4) is 0 Å². The molecule has 0 heterocycles. The van der Waals surface area contributed by atoms with E-state index in [-0.39, 0.29) is 17.5 Å². The van der Waals surface area contributed by atoms with Crippen LogP contribution in [0.2, 0.25) is 0 Å². The predicted molar refractivity (Wildman–Crippen MR) is 101 cm³/mol. The largest absolute Gasteiger partial charge is 0.416 e. The van der Waals surface area contributed by atoms with Crippen LogP contribution < -0.4 is 10.6 Å². The number of benzene rings is 2. The molecule has 0 aliphatic rings. The van der Waals surface area contributed by atoms with Gasteiger partial charge in [0.05, 0.1) is 11.1 Å². The number of rotatable bonds is 3. The zero-order valence-electron chi connectivity index (χ0n) is 15.2. The molecule has 0 atom stereocenters. The van der Waals surface area contributed by atoms with Gasteiger partial charge in [0.25, 0.3) is 5.91 Å². The lowest BCUT2D eigenvalue weighted by molar-refractivity contribution is -0.143. The van der Waals surface area contributed by atoms with Gasteiger partial charge in [-0.3, -0.25) is 10.1 Å². The van der Waals surface area contributed by atoms with Gasteiger partial charge in [0, 0.05) is 11.3 Å². The highest BCUT2D eigenvalue weighted by Gasteiger charge is 2.37. The third-order valence-electron chi connectivity index (χ3n) is 3.91. The molecular weight excluding hydrogens is 418 g/mol. The van der Waals surface area contributed by atoms with Crippen molar-refractivity contribution in [2.75, 3.05) is 5.32 Å². The zero-order chi connectivity index (χ0) is 22.0. The summed E-state index contributed by atoms with van der Waals surface area (Å²) in [6.07, 6.45) is -9.97. The van der Waals surface area contributed by atoms with Gasteiger partial charge in [-0.1, -0.05) is 26.0 Å². The van der Waals surface area contributed by atoms with E-state index in [0.29, 0.717) is 12.1 Å². The Morgan fingerprint density at radius 1 is 0.897 bits per heavy atom. The molecular formula is C19H16F6N2OS. The smallest absolute Gasteiger partial charge is 0.332 e. The number of anilines is 1. The summed E-state index contributed by atoms with van der Waals surface area (Å²) in [6, 6.07) is 7.51. The van der Waals surface area contributed by atoms with E-state index in [9.17, 15) is 31.1 Å². The maximum Gasteiger partial charge on any atom is 0.416 e. The first-order valence-corrected chi connectivity index (χ1v) is 8.70. The molecule has 156 valence electrons. The fourth-order valence-corrected chi connectivity index (χ4v) is 2.59. The van der Waals surface area contributed by atoms with Crippen LogP contribution in [0.4, 0.5) is 32.0 Å². The third-order valence-corrected chi connectivity index (χ3v) is 4.12. The van der Waals surface area contributed by atoms with Crippen molar-refractivity contribution >= 4 is 28.9 Å². The van der Waals surface area contributed by atoms with Gasteiger partial charge in [-0.15, -0.1) is 0 Å². The summed E-state index contributed by atoms with van der Waals surface area (Å²) in [4.78, 5) is 12.2. The van der Waals surface area contributed by atoms with Gasteiger partial charge in [0.2, 0.25) is 0 Å². The van der Waals surface area contributed by atoms with Gasteiger partial charge in [-0.2, -0.15) is 26.3 Å². The number of hydrogen-bond acceptors (Lipinski definition) is 2. The normalized spacial score (nSPS) is 12.0. The first-order chi connectivity index (χ1) is 13.3. The van der Waals surface area contributed by atoms with Crippen LogP contribution in [0.25, 0.3) is 0 Å². The molecule has 3 nitrogen and oxygen atoms in total. The summed E-state index contributed by atoms with van der Waals surface area (Å²) in [5, 5.41) is 3.99. The SMILES string of the molecule is CC(C)c1ccc(C(=O)NC(=S)Nc2cc(C(F)(F)F)cc(C(F)(F)F)c2)cc1. The van der Waals surface area contributed by atoms with Crippen LogP contribution in [-0.4, -0.2) is 11.0 Å². The Morgan fingerprint density at radius 2 is 1.38 bits per heavy atom. The monoisotopic (exact) mass is 434 g/mol.